The Morgan fingerprint density at radius 3 is 1.31 bits per heavy atom. The van der Waals surface area contributed by atoms with Gasteiger partial charge < -0.3 is 0 Å². The van der Waals surface area contributed by atoms with E-state index in [4.69, 9.17) is 0 Å². The minimum absolute atomic E-state index is 0.0839. The van der Waals surface area contributed by atoms with E-state index in [1.54, 1.807) is 4.90 Å². The normalized spacial score (nSPS) is 12.7. The molecular weight excluding hydrogens is 759 g/mol. The van der Waals surface area contributed by atoms with Crippen molar-refractivity contribution in [2.24, 2.45) is 0 Å². The largest absolute Gasteiger partial charge is 0.274 e. The molecule has 0 aliphatic carbocycles. The van der Waals surface area contributed by atoms with Crippen LogP contribution in [0.3, 0.4) is 0 Å². The van der Waals surface area contributed by atoms with Crippen LogP contribution in [0, 0.1) is 13.8 Å². The van der Waals surface area contributed by atoms with Gasteiger partial charge in [-0.1, -0.05) is 206 Å². The van der Waals surface area contributed by atoms with Gasteiger partial charge in [0.25, 0.3) is 11.8 Å². The molecule has 0 spiro atoms. The van der Waals surface area contributed by atoms with Gasteiger partial charge in [-0.25, -0.2) is 0 Å². The Morgan fingerprint density at radius 1 is 0.441 bits per heavy atom. The van der Waals surface area contributed by atoms with Crippen LogP contribution in [0.2, 0.25) is 0 Å². The zero-order chi connectivity index (χ0) is 42.1. The van der Waals surface area contributed by atoms with Gasteiger partial charge in [0.2, 0.25) is 0 Å². The molecule has 3 nitrogen and oxygen atoms in total. The minimum Gasteiger partial charge on any atom is -0.274 e. The first-order valence-electron chi connectivity index (χ1n) is 25.1. The second-order valence-corrected chi connectivity index (χ2v) is 20.5. The summed E-state index contributed by atoms with van der Waals surface area (Å²) < 4.78 is 0. The van der Waals surface area contributed by atoms with Crippen LogP contribution in [-0.2, 0) is 12.8 Å². The van der Waals surface area contributed by atoms with Gasteiger partial charge in [-0.2, -0.15) is 0 Å². The summed E-state index contributed by atoms with van der Waals surface area (Å²) in [5.41, 5.74) is 6.10. The maximum absolute atomic E-state index is 14.2. The highest BCUT2D eigenvalue weighted by molar-refractivity contribution is 7.24. The summed E-state index contributed by atoms with van der Waals surface area (Å²) in [7, 11) is 0. The van der Waals surface area contributed by atoms with Gasteiger partial charge in [-0.05, 0) is 74.8 Å². The van der Waals surface area contributed by atoms with Gasteiger partial charge >= 0.3 is 0 Å². The Kier molecular flexibility index (Phi) is 24.4. The summed E-state index contributed by atoms with van der Waals surface area (Å²) >= 11 is 3.83. The lowest BCUT2D eigenvalue weighted by Crippen LogP contribution is -2.30. The molecule has 2 amide bonds. The molecule has 1 aromatic carbocycles. The first-order chi connectivity index (χ1) is 28.9. The highest BCUT2D eigenvalue weighted by Gasteiger charge is 2.39. The number of carbonyl (C=O) groups is 2. The fraction of sp³-hybridized carbons (Fsp3) is 0.704. The van der Waals surface area contributed by atoms with Crippen LogP contribution in [0.4, 0.5) is 0 Å². The van der Waals surface area contributed by atoms with E-state index in [9.17, 15) is 9.59 Å². The Balaban J connectivity index is 1.45. The van der Waals surface area contributed by atoms with Gasteiger partial charge in [-0.15, -0.1) is 22.7 Å². The summed E-state index contributed by atoms with van der Waals surface area (Å²) in [6, 6.07) is 9.07. The molecule has 0 saturated heterocycles. The number of aryl methyl sites for hydroxylation is 4. The average molecular weight is 844 g/mol. The lowest BCUT2D eigenvalue weighted by molar-refractivity contribution is 0.0651. The van der Waals surface area contributed by atoms with Crippen molar-refractivity contribution < 1.29 is 9.59 Å². The number of imide groups is 1. The molecule has 5 heteroatoms. The number of hydrogen-bond acceptors (Lipinski definition) is 4. The number of hydrogen-bond donors (Lipinski definition) is 0. The summed E-state index contributed by atoms with van der Waals surface area (Å²) in [6.45, 7) is 11.7. The topological polar surface area (TPSA) is 37.4 Å². The molecule has 330 valence electrons. The highest BCUT2D eigenvalue weighted by Crippen LogP contribution is 2.46. The van der Waals surface area contributed by atoms with Gasteiger partial charge in [0.1, 0.15) is 0 Å². The van der Waals surface area contributed by atoms with Crippen molar-refractivity contribution in [3.63, 3.8) is 0 Å². The van der Waals surface area contributed by atoms with E-state index >= 15 is 0 Å². The summed E-state index contributed by atoms with van der Waals surface area (Å²) in [5.74, 6) is -0.172. The fourth-order valence-electron chi connectivity index (χ4n) is 9.22. The summed E-state index contributed by atoms with van der Waals surface area (Å²) in [5, 5.41) is 0. The number of thiophene rings is 2. The molecule has 3 aromatic rings. The van der Waals surface area contributed by atoms with Crippen molar-refractivity contribution in [1.82, 2.24) is 4.90 Å². The van der Waals surface area contributed by atoms with Gasteiger partial charge in [0.05, 0.1) is 11.1 Å². The Hall–Kier alpha value is -2.24. The number of carbonyl (C=O) groups excluding carboxylic acids is 2. The molecular formula is C54H85NO2S2. The highest BCUT2D eigenvalue weighted by atomic mass is 32.1. The number of nitrogens with zero attached hydrogens (tertiary/aromatic N) is 1. The number of benzene rings is 1. The van der Waals surface area contributed by atoms with E-state index in [0.717, 1.165) is 41.7 Å². The van der Waals surface area contributed by atoms with Crippen molar-refractivity contribution in [1.29, 1.82) is 0 Å². The van der Waals surface area contributed by atoms with E-state index < -0.39 is 0 Å². The Morgan fingerprint density at radius 2 is 0.831 bits per heavy atom. The predicted molar refractivity (Wildman–Crippen MR) is 261 cm³/mol. The maximum atomic E-state index is 14.2. The summed E-state index contributed by atoms with van der Waals surface area (Å²) in [6.07, 6.45) is 41.6. The second kappa shape index (κ2) is 29.1. The number of fused-ring (bicyclic) bond motifs is 1. The monoisotopic (exact) mass is 844 g/mol. The minimum atomic E-state index is -0.0877. The van der Waals surface area contributed by atoms with Gasteiger partial charge in [0.15, 0.2) is 0 Å². The molecule has 0 unspecified atom stereocenters. The standard InChI is InChI=1S/C54H85NO2S2/c1-6-9-12-15-18-21-24-27-30-33-36-45-41-44(5)58-51(45)52-46(37-34-31-28-25-22-19-16-13-10-7-2)42-48(59-52)47-39-38-43(4)49-50(47)54(57)55(53(49)56)40-35-32-29-26-23-20-17-14-11-8-3/h38-39,41-42H,6-37,40H2,1-5H3. The van der Waals surface area contributed by atoms with E-state index in [1.807, 2.05) is 29.6 Å². The molecule has 3 heterocycles. The van der Waals surface area contributed by atoms with Crippen LogP contribution in [0.5, 0.6) is 0 Å². The predicted octanol–water partition coefficient (Wildman–Crippen LogP) is 18.2. The Labute approximate surface area is 371 Å². The quantitative estimate of drug-likeness (QED) is 0.0437. The van der Waals surface area contributed by atoms with Crippen LogP contribution < -0.4 is 0 Å². The average Bonchev–Trinajstić information content (AvgIpc) is 3.90. The molecule has 0 atom stereocenters. The van der Waals surface area contributed by atoms with E-state index in [0.29, 0.717) is 17.7 Å². The van der Waals surface area contributed by atoms with Crippen molar-refractivity contribution in [2.45, 2.75) is 240 Å². The van der Waals surface area contributed by atoms with Crippen LogP contribution >= 0.6 is 22.7 Å². The maximum Gasteiger partial charge on any atom is 0.262 e. The molecule has 0 saturated carbocycles. The molecule has 2 aromatic heterocycles. The molecule has 0 bridgehead atoms. The number of unbranched alkanes of at least 4 members (excludes halogenated alkanes) is 27. The third-order valence-corrected chi connectivity index (χ3v) is 15.3. The molecule has 1 aliphatic rings. The van der Waals surface area contributed by atoms with Gasteiger partial charge in [0, 0.05) is 31.6 Å². The third kappa shape index (κ3) is 16.5. The molecule has 0 N–H and O–H groups in total. The van der Waals surface area contributed by atoms with Crippen LogP contribution in [0.1, 0.15) is 256 Å². The zero-order valence-corrected chi connectivity index (χ0v) is 40.4. The van der Waals surface area contributed by atoms with Crippen LogP contribution in [0.25, 0.3) is 20.2 Å². The SMILES string of the molecule is CCCCCCCCCCCCc1cc(C)sc1-c1sc(-c2ccc(C)c3c2C(=O)N(CCCCCCCCCCCC)C3=O)cc1CCCCCCCCCCCC. The van der Waals surface area contributed by atoms with Crippen molar-refractivity contribution in [3.8, 4) is 20.2 Å². The molecule has 59 heavy (non-hydrogen) atoms. The van der Waals surface area contributed by atoms with Crippen LogP contribution in [-0.4, -0.2) is 23.3 Å². The molecule has 1 aliphatic heterocycles. The first kappa shape index (κ1) is 49.4. The lowest BCUT2D eigenvalue weighted by atomic mass is 9.96. The fourth-order valence-corrected chi connectivity index (χ4v) is 11.7. The van der Waals surface area contributed by atoms with E-state index in [1.165, 1.54) is 206 Å². The van der Waals surface area contributed by atoms with Gasteiger partial charge in [-0.3, -0.25) is 14.5 Å². The van der Waals surface area contributed by atoms with Crippen molar-refractivity contribution in [3.05, 3.63) is 57.0 Å². The molecule has 0 radical (unpaired) electrons. The van der Waals surface area contributed by atoms with E-state index in [2.05, 4.69) is 52.0 Å². The summed E-state index contributed by atoms with van der Waals surface area (Å²) in [4.78, 5) is 35.1. The number of rotatable bonds is 35. The lowest BCUT2D eigenvalue weighted by Gasteiger charge is -2.13. The first-order valence-corrected chi connectivity index (χ1v) is 26.8. The number of amides is 2. The van der Waals surface area contributed by atoms with Crippen molar-refractivity contribution >= 4 is 34.5 Å². The smallest absolute Gasteiger partial charge is 0.262 e. The van der Waals surface area contributed by atoms with Crippen LogP contribution in [0.15, 0.2) is 24.3 Å². The molecule has 0 fully saturated rings. The zero-order valence-electron chi connectivity index (χ0n) is 38.7. The third-order valence-electron chi connectivity index (χ3n) is 12.9. The van der Waals surface area contributed by atoms with Crippen molar-refractivity contribution in [2.75, 3.05) is 6.54 Å². The second-order valence-electron chi connectivity index (χ2n) is 18.2. The Bertz CT molecular complexity index is 1630. The van der Waals surface area contributed by atoms with E-state index in [-0.39, 0.29) is 11.8 Å². The molecule has 4 rings (SSSR count).